The Kier molecular flexibility index (Phi) is 7.68. The zero-order valence-corrected chi connectivity index (χ0v) is 20.8. The molecule has 4 rings (SSSR count). The van der Waals surface area contributed by atoms with Crippen LogP contribution in [0.2, 0.25) is 0 Å². The molecule has 2 N–H and O–H groups in total. The molecule has 0 radical (unpaired) electrons. The van der Waals surface area contributed by atoms with Crippen LogP contribution < -0.4 is 5.32 Å². The largest absolute Gasteiger partial charge is 0.508 e. The van der Waals surface area contributed by atoms with Crippen LogP contribution in [0.1, 0.15) is 33.5 Å². The Morgan fingerprint density at radius 3 is 2.58 bits per heavy atom. The van der Waals surface area contributed by atoms with Crippen molar-refractivity contribution in [2.24, 2.45) is 5.16 Å². The lowest BCUT2D eigenvalue weighted by Crippen LogP contribution is -2.46. The third-order valence-electron chi connectivity index (χ3n) is 6.48. The number of hydrogen-bond donors (Lipinski definition) is 2. The van der Waals surface area contributed by atoms with Crippen LogP contribution in [0.5, 0.6) is 5.75 Å². The molecule has 186 valence electrons. The van der Waals surface area contributed by atoms with Gasteiger partial charge in [-0.05, 0) is 66.3 Å². The first-order chi connectivity index (χ1) is 17.4. The molecule has 3 aromatic carbocycles. The van der Waals surface area contributed by atoms with Gasteiger partial charge in [0, 0.05) is 18.5 Å². The van der Waals surface area contributed by atoms with Crippen molar-refractivity contribution >= 4 is 17.5 Å². The smallest absolute Gasteiger partial charge is 0.255 e. The van der Waals surface area contributed by atoms with Gasteiger partial charge in [-0.3, -0.25) is 9.59 Å². The molecule has 1 atom stereocenters. The predicted molar refractivity (Wildman–Crippen MR) is 140 cm³/mol. The van der Waals surface area contributed by atoms with Crippen LogP contribution >= 0.6 is 0 Å². The van der Waals surface area contributed by atoms with Crippen LogP contribution in [0, 0.1) is 13.8 Å². The van der Waals surface area contributed by atoms with Crippen molar-refractivity contribution in [3.8, 4) is 16.9 Å². The monoisotopic (exact) mass is 485 g/mol. The summed E-state index contributed by atoms with van der Waals surface area (Å²) in [6.07, 6.45) is 0.886. The van der Waals surface area contributed by atoms with E-state index in [2.05, 4.69) is 29.5 Å². The number of amides is 2. The summed E-state index contributed by atoms with van der Waals surface area (Å²) in [5.41, 5.74) is 6.31. The zero-order valence-electron chi connectivity index (χ0n) is 20.8. The van der Waals surface area contributed by atoms with Gasteiger partial charge in [-0.15, -0.1) is 0 Å². The van der Waals surface area contributed by atoms with Gasteiger partial charge < -0.3 is 20.2 Å². The Balaban J connectivity index is 1.50. The van der Waals surface area contributed by atoms with Crippen molar-refractivity contribution in [1.29, 1.82) is 0 Å². The van der Waals surface area contributed by atoms with Crippen LogP contribution in [-0.2, 0) is 16.1 Å². The van der Waals surface area contributed by atoms with Crippen LogP contribution in [0.25, 0.3) is 11.1 Å². The Morgan fingerprint density at radius 1 is 1.06 bits per heavy atom. The lowest BCUT2D eigenvalue weighted by Gasteiger charge is -2.24. The summed E-state index contributed by atoms with van der Waals surface area (Å²) in [4.78, 5) is 33.2. The molecule has 0 bridgehead atoms. The molecule has 7 heteroatoms. The number of phenols is 1. The van der Waals surface area contributed by atoms with Gasteiger partial charge in [-0.1, -0.05) is 53.7 Å². The lowest BCUT2D eigenvalue weighted by atomic mass is 9.96. The van der Waals surface area contributed by atoms with E-state index in [1.54, 1.807) is 23.1 Å². The molecule has 2 amide bonds. The molecule has 7 nitrogen and oxygen atoms in total. The number of oxime groups is 1. The molecule has 1 aliphatic rings. The van der Waals surface area contributed by atoms with Gasteiger partial charge in [0.25, 0.3) is 5.91 Å². The van der Waals surface area contributed by atoms with Crippen molar-refractivity contribution < 1.29 is 19.5 Å². The summed E-state index contributed by atoms with van der Waals surface area (Å²) in [7, 11) is 1.45. The maximum atomic E-state index is 13.6. The average molecular weight is 486 g/mol. The minimum atomic E-state index is -0.675. The highest BCUT2D eigenvalue weighted by Gasteiger charge is 2.38. The van der Waals surface area contributed by atoms with E-state index in [9.17, 15) is 14.7 Å². The minimum absolute atomic E-state index is 0.190. The number of carbonyl (C=O) groups excluding carboxylic acids is 2. The molecule has 3 aromatic rings. The van der Waals surface area contributed by atoms with Crippen molar-refractivity contribution in [2.45, 2.75) is 32.7 Å². The number of aromatic hydroxyl groups is 1. The second-order valence-electron chi connectivity index (χ2n) is 9.05. The number of likely N-dealkylation sites (tertiary alicyclic amines) is 1. The van der Waals surface area contributed by atoms with E-state index in [0.717, 1.165) is 22.3 Å². The topological polar surface area (TPSA) is 91.2 Å². The van der Waals surface area contributed by atoms with E-state index in [4.69, 9.17) is 4.84 Å². The molecule has 36 heavy (non-hydrogen) atoms. The minimum Gasteiger partial charge on any atom is -0.508 e. The Bertz CT molecular complexity index is 1300. The summed E-state index contributed by atoms with van der Waals surface area (Å²) >= 11 is 0. The van der Waals surface area contributed by atoms with Crippen LogP contribution in [0.3, 0.4) is 0 Å². The predicted octanol–water partition coefficient (Wildman–Crippen LogP) is 4.25. The van der Waals surface area contributed by atoms with Gasteiger partial charge in [-0.25, -0.2) is 0 Å². The molecule has 0 aromatic heterocycles. The number of nitrogens with zero attached hydrogens (tertiary/aromatic N) is 2. The highest BCUT2D eigenvalue weighted by atomic mass is 16.6. The number of carbonyl (C=O) groups is 2. The highest BCUT2D eigenvalue weighted by molar-refractivity contribution is 6.06. The van der Waals surface area contributed by atoms with Gasteiger partial charge in [0.2, 0.25) is 5.91 Å². The van der Waals surface area contributed by atoms with Gasteiger partial charge >= 0.3 is 0 Å². The highest BCUT2D eigenvalue weighted by Crippen LogP contribution is 2.27. The van der Waals surface area contributed by atoms with Crippen LogP contribution in [0.15, 0.2) is 71.9 Å². The van der Waals surface area contributed by atoms with Crippen molar-refractivity contribution in [1.82, 2.24) is 10.2 Å². The number of nitrogens with one attached hydrogen (secondary N) is 1. The SMILES string of the molecule is CO/N=C1\C[C@@H](C(=O)NCCc2cccc(O)c2)N(C(=O)c2ccc(-c3ccccc3C)cc2C)C1. The van der Waals surface area contributed by atoms with E-state index >= 15 is 0 Å². The van der Waals surface area contributed by atoms with Crippen molar-refractivity contribution in [2.75, 3.05) is 20.2 Å². The standard InChI is InChI=1S/C29H31N3O4/c1-19-7-4-5-10-25(19)22-11-12-26(20(2)15-22)29(35)32-18-23(31-36-3)17-27(32)28(34)30-14-13-21-8-6-9-24(33)16-21/h4-12,15-16,27,33H,13-14,17-18H2,1-3H3,(H,30,34)/b31-23+/t27-/m0/s1. The normalized spacial score (nSPS) is 16.2. The number of hydrogen-bond acceptors (Lipinski definition) is 5. The van der Waals surface area contributed by atoms with Gasteiger partial charge in [-0.2, -0.15) is 0 Å². The molecule has 0 saturated carbocycles. The molecular formula is C29H31N3O4. The molecule has 0 aliphatic carbocycles. The molecule has 1 aliphatic heterocycles. The molecule has 1 heterocycles. The maximum Gasteiger partial charge on any atom is 0.255 e. The van der Waals surface area contributed by atoms with E-state index < -0.39 is 6.04 Å². The number of phenolic OH excluding ortho intramolecular Hbond substituents is 1. The summed E-state index contributed by atoms with van der Waals surface area (Å²) < 4.78 is 0. The maximum absolute atomic E-state index is 13.6. The fourth-order valence-corrected chi connectivity index (χ4v) is 4.63. The van der Waals surface area contributed by atoms with E-state index in [-0.39, 0.29) is 24.1 Å². The van der Waals surface area contributed by atoms with Crippen molar-refractivity contribution in [3.05, 3.63) is 89.0 Å². The lowest BCUT2D eigenvalue weighted by molar-refractivity contribution is -0.124. The third kappa shape index (κ3) is 5.57. The van der Waals surface area contributed by atoms with Gasteiger partial charge in [0.1, 0.15) is 18.9 Å². The molecular weight excluding hydrogens is 454 g/mol. The zero-order chi connectivity index (χ0) is 25.7. The van der Waals surface area contributed by atoms with Crippen LogP contribution in [0.4, 0.5) is 0 Å². The number of benzene rings is 3. The average Bonchev–Trinajstić information content (AvgIpc) is 3.28. The van der Waals surface area contributed by atoms with E-state index in [0.29, 0.717) is 30.7 Å². The second-order valence-corrected chi connectivity index (χ2v) is 9.05. The number of rotatable bonds is 7. The first-order valence-corrected chi connectivity index (χ1v) is 12.0. The fraction of sp³-hybridized carbons (Fsp3) is 0.276. The summed E-state index contributed by atoms with van der Waals surface area (Å²) in [6.45, 7) is 4.60. The fourth-order valence-electron chi connectivity index (χ4n) is 4.63. The molecule has 1 fully saturated rings. The molecule has 0 unspecified atom stereocenters. The quantitative estimate of drug-likeness (QED) is 0.490. The van der Waals surface area contributed by atoms with Gasteiger partial charge in [0.05, 0.1) is 12.3 Å². The first-order valence-electron chi connectivity index (χ1n) is 12.0. The molecule has 1 saturated heterocycles. The second kappa shape index (κ2) is 11.1. The van der Waals surface area contributed by atoms with E-state index in [1.165, 1.54) is 12.7 Å². The molecule has 0 spiro atoms. The van der Waals surface area contributed by atoms with Gasteiger partial charge in [0.15, 0.2) is 0 Å². The first kappa shape index (κ1) is 25.0. The number of aryl methyl sites for hydroxylation is 2. The Hall–Kier alpha value is -4.13. The van der Waals surface area contributed by atoms with Crippen LogP contribution in [-0.4, -0.2) is 53.8 Å². The summed E-state index contributed by atoms with van der Waals surface area (Å²) in [6, 6.07) is 20.2. The third-order valence-corrected chi connectivity index (χ3v) is 6.48. The van der Waals surface area contributed by atoms with E-state index in [1.807, 2.05) is 43.3 Å². The summed E-state index contributed by atoms with van der Waals surface area (Å²) in [5.74, 6) is -0.257. The Labute approximate surface area is 211 Å². The Morgan fingerprint density at radius 2 is 1.86 bits per heavy atom. The van der Waals surface area contributed by atoms with Crippen molar-refractivity contribution in [3.63, 3.8) is 0 Å². The summed E-state index contributed by atoms with van der Waals surface area (Å²) in [5, 5.41) is 16.6.